The molecule has 0 bridgehead atoms. The molecule has 0 unspecified atom stereocenters. The Morgan fingerprint density at radius 1 is 0.850 bits per heavy atom. The minimum atomic E-state index is -4.16. The predicted octanol–water partition coefficient (Wildman–Crippen LogP) is 3.09. The number of halogens is 2. The number of hydrogen-bond acceptors (Lipinski definition) is 15. The van der Waals surface area contributed by atoms with Gasteiger partial charge in [0.1, 0.15) is 30.3 Å². The predicted molar refractivity (Wildman–Crippen MR) is 295 cm³/mol. The molecular weight excluding hydrogens is 1060 g/mol. The summed E-state index contributed by atoms with van der Waals surface area (Å²) in [5.74, 6) is -1.38. The van der Waals surface area contributed by atoms with Gasteiger partial charge in [0.05, 0.1) is 23.8 Å². The number of hydrogen-bond donors (Lipinski definition) is 9. The van der Waals surface area contributed by atoms with Crippen molar-refractivity contribution < 1.29 is 61.6 Å². The zero-order valence-electron chi connectivity index (χ0n) is 44.3. The van der Waals surface area contributed by atoms with Crippen LogP contribution in [0.2, 0.25) is 0 Å². The number of urea groups is 1. The number of unbranched alkanes of at least 4 members (excludes halogenated alkanes) is 3. The number of aliphatic hydroxyl groups is 2. The topological polar surface area (TPSA) is 297 Å². The van der Waals surface area contributed by atoms with Crippen LogP contribution in [-0.2, 0) is 28.7 Å². The van der Waals surface area contributed by atoms with E-state index < -0.39 is 67.2 Å². The summed E-state index contributed by atoms with van der Waals surface area (Å²) in [4.78, 5) is 88.8. The van der Waals surface area contributed by atoms with Crippen LogP contribution in [0.5, 0.6) is 5.75 Å². The quantitative estimate of drug-likeness (QED) is 0.0270. The molecule has 27 heteroatoms. The summed E-state index contributed by atoms with van der Waals surface area (Å²) in [7, 11) is 0. The number of nitrogens with one attached hydrogen (secondary N) is 7. The number of aromatic nitrogens is 5. The molecule has 7 heterocycles. The standard InChI is InChI=1S/C53H64BF2N13O10S/c1-4-57-51(76)47-45(73)46(74)52(79-47)67-31-64-44-48(62-30-63-49(44)67)59-24-8-9-25-60-53(77)61-28-40(70)32(2)66-50(75)33(3)65-42(71)12-6-5-7-23-58-43(72)29-78-38-20-14-34(15-21-38)13-16-35-17-18-36-27-37-19-22-39(41-11-10-26-80-41)69(37)54(55,56)68(35)36/h10-11,13-22,26-27,30-33,45-47,52,73-74H,4-9,12,23-25,28-29H2,1-3H3,(H,57,76)(H,58,72)(H,65,71)(H,66,75)(H,59,62,63)(H2,60,61,77)/b16-13+/t32-,33-,45+,46-,47+,52-/m1/s1. The van der Waals surface area contributed by atoms with Crippen molar-refractivity contribution in [3.63, 3.8) is 0 Å². The SMILES string of the molecule is CCNC(=O)[C@H]1O[C@@H](n2cnc3c(NCCCCNC(=O)NCC(=O)[C@@H](C)NC(=O)[C@@H](C)NC(=O)CCCCCNC(=O)COc4ccc(/C=C/c5ccc6n5[B-](F)(F)[N+]5=C(c7cccs7)C=CC5=C6)cc4)ncnc32)[C@H](O)[C@@H]1O. The van der Waals surface area contributed by atoms with Crippen LogP contribution in [0, 0.1) is 0 Å². The number of carbonyl (C=O) groups excluding carboxylic acids is 6. The average molecular weight is 1120 g/mol. The Kier molecular flexibility index (Phi) is 19.4. The smallest absolute Gasteiger partial charge is 0.484 e. The maximum absolute atomic E-state index is 16.1. The van der Waals surface area contributed by atoms with Gasteiger partial charge in [-0.15, -0.1) is 11.3 Å². The van der Waals surface area contributed by atoms with Gasteiger partial charge in [0.2, 0.25) is 11.8 Å². The minimum absolute atomic E-state index is 0.145. The van der Waals surface area contributed by atoms with E-state index in [0.717, 1.165) is 19.4 Å². The van der Waals surface area contributed by atoms with Crippen molar-refractivity contribution in [1.29, 1.82) is 0 Å². The third-order valence-corrected chi connectivity index (χ3v) is 14.3. The number of thiophene rings is 1. The van der Waals surface area contributed by atoms with Crippen LogP contribution in [0.4, 0.5) is 19.2 Å². The largest absolute Gasteiger partial charge is 0.737 e. The molecule has 1 fully saturated rings. The number of ketones is 1. The molecule has 3 aliphatic heterocycles. The first kappa shape index (κ1) is 58.0. The summed E-state index contributed by atoms with van der Waals surface area (Å²) in [6.45, 7) is 1.41. The van der Waals surface area contributed by atoms with Crippen LogP contribution in [0.25, 0.3) is 29.4 Å². The van der Waals surface area contributed by atoms with Gasteiger partial charge in [-0.05, 0) is 93.8 Å². The molecule has 0 radical (unpaired) electrons. The lowest BCUT2D eigenvalue weighted by Crippen LogP contribution is -2.51. The molecule has 6 amide bonds. The monoisotopic (exact) mass is 1120 g/mol. The number of imidazole rings is 1. The van der Waals surface area contributed by atoms with E-state index in [-0.39, 0.29) is 31.4 Å². The number of amides is 6. The van der Waals surface area contributed by atoms with Crippen molar-refractivity contribution in [1.82, 2.24) is 55.9 Å². The Labute approximate surface area is 463 Å². The highest BCUT2D eigenvalue weighted by atomic mass is 32.1. The van der Waals surface area contributed by atoms with E-state index in [1.165, 1.54) is 42.4 Å². The van der Waals surface area contributed by atoms with Crippen molar-refractivity contribution in [3.8, 4) is 5.75 Å². The average Bonchev–Trinajstić information content (AvgIpc) is 4.37. The van der Waals surface area contributed by atoms with Gasteiger partial charge in [-0.1, -0.05) is 30.7 Å². The number of anilines is 1. The molecule has 1 saturated heterocycles. The lowest BCUT2D eigenvalue weighted by Gasteiger charge is -2.30. The molecule has 80 heavy (non-hydrogen) atoms. The van der Waals surface area contributed by atoms with Crippen molar-refractivity contribution in [2.45, 2.75) is 95.9 Å². The van der Waals surface area contributed by atoms with E-state index in [2.05, 4.69) is 52.2 Å². The number of allylic oxidation sites excluding steroid dienone is 2. The van der Waals surface area contributed by atoms with Crippen LogP contribution in [-0.4, -0.2) is 157 Å². The number of nitrogens with zero attached hydrogens (tertiary/aromatic N) is 6. The van der Waals surface area contributed by atoms with Crippen molar-refractivity contribution in [3.05, 3.63) is 106 Å². The van der Waals surface area contributed by atoms with Crippen LogP contribution in [0.15, 0.2) is 84.4 Å². The lowest BCUT2D eigenvalue weighted by atomic mass is 9.90. The van der Waals surface area contributed by atoms with Crippen LogP contribution >= 0.6 is 11.3 Å². The number of ether oxygens (including phenoxy) is 2. The summed E-state index contributed by atoms with van der Waals surface area (Å²) in [5.41, 5.74) is 3.15. The van der Waals surface area contributed by atoms with Crippen LogP contribution in [0.3, 0.4) is 0 Å². The third kappa shape index (κ3) is 14.0. The highest BCUT2D eigenvalue weighted by Gasteiger charge is 2.53. The van der Waals surface area contributed by atoms with Gasteiger partial charge in [0.25, 0.3) is 11.8 Å². The van der Waals surface area contributed by atoms with Gasteiger partial charge in [0, 0.05) is 62.2 Å². The molecule has 8 rings (SSSR count). The van der Waals surface area contributed by atoms with Gasteiger partial charge in [0.15, 0.2) is 53.1 Å². The number of carbonyl (C=O) groups is 6. The Morgan fingerprint density at radius 2 is 1.62 bits per heavy atom. The normalized spacial score (nSPS) is 18.7. The van der Waals surface area contributed by atoms with Crippen LogP contribution in [0.1, 0.15) is 87.4 Å². The van der Waals surface area contributed by atoms with Crippen molar-refractivity contribution in [2.75, 3.05) is 44.6 Å². The van der Waals surface area contributed by atoms with Gasteiger partial charge in [-0.25, -0.2) is 19.7 Å². The number of likely N-dealkylation sites (N-methyl/N-ethyl adjacent to an activating group) is 1. The Morgan fingerprint density at radius 3 is 2.40 bits per heavy atom. The summed E-state index contributed by atoms with van der Waals surface area (Å²) in [6.07, 6.45) is 9.08. The van der Waals surface area contributed by atoms with Gasteiger partial charge < -0.3 is 74.5 Å². The fraction of sp³-hybridized carbons (Fsp3) is 0.396. The van der Waals surface area contributed by atoms with Crippen molar-refractivity contribution >= 4 is 94.7 Å². The van der Waals surface area contributed by atoms with Gasteiger partial charge in [-0.2, -0.15) is 0 Å². The number of Topliss-reactive ketones (excluding diaryl/α,β-unsaturated/α-hetero) is 1. The minimum Gasteiger partial charge on any atom is -0.484 e. The fourth-order valence-corrected chi connectivity index (χ4v) is 9.92. The molecule has 3 aliphatic rings. The van der Waals surface area contributed by atoms with E-state index in [0.29, 0.717) is 104 Å². The number of benzene rings is 1. The maximum atomic E-state index is 16.1. The first-order valence-corrected chi connectivity index (χ1v) is 27.3. The number of fused-ring (bicyclic) bond motifs is 3. The van der Waals surface area contributed by atoms with Crippen molar-refractivity contribution in [2.24, 2.45) is 0 Å². The Bertz CT molecular complexity index is 3180. The fourth-order valence-electron chi connectivity index (χ4n) is 9.17. The van der Waals surface area contributed by atoms with Gasteiger partial charge in [-0.3, -0.25) is 28.5 Å². The second kappa shape index (κ2) is 26.7. The Balaban J connectivity index is 0.640. The summed E-state index contributed by atoms with van der Waals surface area (Å²) in [6, 6.07) is 11.5. The number of aliphatic hydroxyl groups excluding tert-OH is 2. The summed E-state index contributed by atoms with van der Waals surface area (Å²) < 4.78 is 47.3. The highest BCUT2D eigenvalue weighted by Crippen LogP contribution is 2.35. The molecular formula is C53H64BF2N13O10S. The molecule has 1 aromatic carbocycles. The molecule has 0 spiro atoms. The van der Waals surface area contributed by atoms with E-state index in [1.807, 2.05) is 17.5 Å². The lowest BCUT2D eigenvalue weighted by molar-refractivity contribution is -0.360. The zero-order valence-corrected chi connectivity index (χ0v) is 45.1. The van der Waals surface area contributed by atoms with E-state index >= 15 is 8.63 Å². The second-order valence-electron chi connectivity index (χ2n) is 19.2. The molecule has 6 atom stereocenters. The molecule has 4 aromatic heterocycles. The second-order valence-corrected chi connectivity index (χ2v) is 20.2. The molecule has 0 aliphatic carbocycles. The molecule has 5 aromatic rings. The summed E-state index contributed by atoms with van der Waals surface area (Å²) in [5, 5.41) is 41.8. The van der Waals surface area contributed by atoms with Gasteiger partial charge >= 0.3 is 13.0 Å². The molecule has 9 N–H and O–H groups in total. The third-order valence-electron chi connectivity index (χ3n) is 13.4. The van der Waals surface area contributed by atoms with Crippen LogP contribution < -0.4 is 42.0 Å². The van der Waals surface area contributed by atoms with E-state index in [1.54, 1.807) is 73.7 Å². The van der Waals surface area contributed by atoms with E-state index in [9.17, 15) is 39.0 Å². The molecule has 0 saturated carbocycles. The molecule has 23 nitrogen and oxygen atoms in total. The first-order chi connectivity index (χ1) is 38.5. The maximum Gasteiger partial charge on any atom is 0.737 e. The first-order valence-electron chi connectivity index (χ1n) is 26.4. The van der Waals surface area contributed by atoms with E-state index in [4.69, 9.17) is 9.47 Å². The Hall–Kier alpha value is -8.14. The summed E-state index contributed by atoms with van der Waals surface area (Å²) >= 11 is 1.41. The zero-order chi connectivity index (χ0) is 56.9. The highest BCUT2D eigenvalue weighted by molar-refractivity contribution is 7.12. The molecule has 424 valence electrons. The number of rotatable bonds is 27.